The van der Waals surface area contributed by atoms with Crippen LogP contribution >= 0.6 is 0 Å². The molecule has 2 N–H and O–H groups in total. The smallest absolute Gasteiger partial charge is 0.111 e. The lowest BCUT2D eigenvalue weighted by atomic mass is 9.87. The van der Waals surface area contributed by atoms with Crippen LogP contribution in [0.4, 0.5) is 0 Å². The SMILES string of the molecule is CC(C)(C)CC(N)Cc1nc2cnccc2n1C1CC1. The summed E-state index contributed by atoms with van der Waals surface area (Å²) in [5, 5.41) is 0. The van der Waals surface area contributed by atoms with Crippen LogP contribution in [0.15, 0.2) is 18.5 Å². The van der Waals surface area contributed by atoms with Gasteiger partial charge < -0.3 is 10.3 Å². The van der Waals surface area contributed by atoms with Gasteiger partial charge in [0, 0.05) is 24.7 Å². The summed E-state index contributed by atoms with van der Waals surface area (Å²) in [5.41, 5.74) is 8.80. The minimum Gasteiger partial charge on any atom is -0.327 e. The number of aromatic nitrogens is 3. The number of nitrogens with two attached hydrogens (primary N) is 1. The second-order valence-corrected chi connectivity index (χ2v) is 7.22. The average molecular weight is 272 g/mol. The molecule has 4 heteroatoms. The summed E-state index contributed by atoms with van der Waals surface area (Å²) in [6, 6.07) is 2.86. The molecule has 0 radical (unpaired) electrons. The van der Waals surface area contributed by atoms with Crippen molar-refractivity contribution in [2.75, 3.05) is 0 Å². The third kappa shape index (κ3) is 2.85. The number of imidazole rings is 1. The van der Waals surface area contributed by atoms with E-state index in [4.69, 9.17) is 10.7 Å². The topological polar surface area (TPSA) is 56.7 Å². The summed E-state index contributed by atoms with van der Waals surface area (Å²) in [5.74, 6) is 1.13. The van der Waals surface area contributed by atoms with Crippen LogP contribution < -0.4 is 5.73 Å². The molecule has 1 aliphatic carbocycles. The maximum Gasteiger partial charge on any atom is 0.111 e. The van der Waals surface area contributed by atoms with E-state index in [1.54, 1.807) is 0 Å². The zero-order valence-electron chi connectivity index (χ0n) is 12.6. The molecule has 0 amide bonds. The minimum atomic E-state index is 0.164. The van der Waals surface area contributed by atoms with Gasteiger partial charge in [0.1, 0.15) is 11.3 Å². The largest absolute Gasteiger partial charge is 0.327 e. The van der Waals surface area contributed by atoms with E-state index in [1.165, 1.54) is 18.4 Å². The van der Waals surface area contributed by atoms with E-state index in [0.29, 0.717) is 6.04 Å². The van der Waals surface area contributed by atoms with E-state index in [-0.39, 0.29) is 11.5 Å². The molecule has 0 bridgehead atoms. The van der Waals surface area contributed by atoms with Crippen molar-refractivity contribution in [2.45, 2.75) is 58.5 Å². The fraction of sp³-hybridized carbons (Fsp3) is 0.625. The van der Waals surface area contributed by atoms with Crippen LogP contribution in [-0.2, 0) is 6.42 Å². The van der Waals surface area contributed by atoms with E-state index in [0.717, 1.165) is 24.2 Å². The van der Waals surface area contributed by atoms with Crippen molar-refractivity contribution in [3.63, 3.8) is 0 Å². The molecular formula is C16H24N4. The van der Waals surface area contributed by atoms with Gasteiger partial charge in [0.2, 0.25) is 0 Å². The highest BCUT2D eigenvalue weighted by molar-refractivity contribution is 5.75. The average Bonchev–Trinajstić information content (AvgIpc) is 3.08. The van der Waals surface area contributed by atoms with Gasteiger partial charge in [0.05, 0.1) is 11.7 Å². The van der Waals surface area contributed by atoms with Crippen LogP contribution in [0.5, 0.6) is 0 Å². The second kappa shape index (κ2) is 4.85. The van der Waals surface area contributed by atoms with Gasteiger partial charge in [-0.1, -0.05) is 20.8 Å². The van der Waals surface area contributed by atoms with Crippen LogP contribution in [0, 0.1) is 5.41 Å². The Morgan fingerprint density at radius 1 is 1.40 bits per heavy atom. The van der Waals surface area contributed by atoms with Crippen LogP contribution in [0.25, 0.3) is 11.0 Å². The first-order chi connectivity index (χ1) is 9.44. The standard InChI is InChI=1S/C16H24N4/c1-16(2,3)9-11(17)8-15-19-13-10-18-7-6-14(13)20(15)12-4-5-12/h6-7,10-12H,4-5,8-9,17H2,1-3H3. The van der Waals surface area contributed by atoms with Crippen molar-refractivity contribution in [1.82, 2.24) is 14.5 Å². The first kappa shape index (κ1) is 13.6. The zero-order valence-corrected chi connectivity index (χ0v) is 12.6. The van der Waals surface area contributed by atoms with Gasteiger partial charge in [0.25, 0.3) is 0 Å². The van der Waals surface area contributed by atoms with E-state index in [9.17, 15) is 0 Å². The second-order valence-electron chi connectivity index (χ2n) is 7.22. The molecule has 3 rings (SSSR count). The predicted octanol–water partition coefficient (Wildman–Crippen LogP) is 3.07. The Balaban J connectivity index is 1.89. The molecule has 2 aromatic rings. The Morgan fingerprint density at radius 3 is 2.80 bits per heavy atom. The summed E-state index contributed by atoms with van der Waals surface area (Å²) < 4.78 is 2.39. The summed E-state index contributed by atoms with van der Waals surface area (Å²) in [6.45, 7) is 6.71. The van der Waals surface area contributed by atoms with Gasteiger partial charge in [-0.05, 0) is 30.7 Å². The summed E-state index contributed by atoms with van der Waals surface area (Å²) >= 11 is 0. The number of hydrogen-bond donors (Lipinski definition) is 1. The van der Waals surface area contributed by atoms with Gasteiger partial charge in [0.15, 0.2) is 0 Å². The number of nitrogens with zero attached hydrogens (tertiary/aromatic N) is 3. The summed E-state index contributed by atoms with van der Waals surface area (Å²) in [7, 11) is 0. The number of fused-ring (bicyclic) bond motifs is 1. The molecule has 0 saturated heterocycles. The van der Waals surface area contributed by atoms with E-state index in [1.807, 2.05) is 12.4 Å². The molecule has 2 heterocycles. The summed E-state index contributed by atoms with van der Waals surface area (Å²) in [4.78, 5) is 8.94. The van der Waals surface area contributed by atoms with Crippen molar-refractivity contribution in [3.05, 3.63) is 24.3 Å². The van der Waals surface area contributed by atoms with Crippen LogP contribution in [-0.4, -0.2) is 20.6 Å². The molecule has 1 unspecified atom stereocenters. The highest BCUT2D eigenvalue weighted by atomic mass is 15.1. The first-order valence-electron chi connectivity index (χ1n) is 7.50. The Kier molecular flexibility index (Phi) is 3.28. The van der Waals surface area contributed by atoms with Gasteiger partial charge >= 0.3 is 0 Å². The van der Waals surface area contributed by atoms with Crippen LogP contribution in [0.3, 0.4) is 0 Å². The molecule has 0 spiro atoms. The van der Waals surface area contributed by atoms with Gasteiger partial charge in [-0.2, -0.15) is 0 Å². The fourth-order valence-electron chi connectivity index (χ4n) is 2.98. The van der Waals surface area contributed by atoms with Gasteiger partial charge in [-0.15, -0.1) is 0 Å². The van der Waals surface area contributed by atoms with Crippen LogP contribution in [0.2, 0.25) is 0 Å². The molecule has 1 saturated carbocycles. The molecular weight excluding hydrogens is 248 g/mol. The van der Waals surface area contributed by atoms with Crippen molar-refractivity contribution >= 4 is 11.0 Å². The molecule has 0 aromatic carbocycles. The Hall–Kier alpha value is -1.42. The molecule has 1 fully saturated rings. The predicted molar refractivity (Wildman–Crippen MR) is 81.6 cm³/mol. The van der Waals surface area contributed by atoms with E-state index < -0.39 is 0 Å². The zero-order chi connectivity index (χ0) is 14.3. The summed E-state index contributed by atoms with van der Waals surface area (Å²) in [6.07, 6.45) is 8.08. The lowest BCUT2D eigenvalue weighted by Gasteiger charge is -2.23. The quantitative estimate of drug-likeness (QED) is 0.930. The molecule has 0 aliphatic heterocycles. The number of hydrogen-bond acceptors (Lipinski definition) is 3. The van der Waals surface area contributed by atoms with Gasteiger partial charge in [-0.25, -0.2) is 4.98 Å². The Morgan fingerprint density at radius 2 is 2.15 bits per heavy atom. The molecule has 2 aromatic heterocycles. The molecule has 20 heavy (non-hydrogen) atoms. The molecule has 108 valence electrons. The fourth-order valence-corrected chi connectivity index (χ4v) is 2.98. The monoisotopic (exact) mass is 272 g/mol. The highest BCUT2D eigenvalue weighted by Crippen LogP contribution is 2.38. The lowest BCUT2D eigenvalue weighted by molar-refractivity contribution is 0.335. The number of rotatable bonds is 4. The van der Waals surface area contributed by atoms with Crippen molar-refractivity contribution in [1.29, 1.82) is 0 Å². The lowest BCUT2D eigenvalue weighted by Crippen LogP contribution is -2.29. The maximum atomic E-state index is 6.33. The first-order valence-corrected chi connectivity index (χ1v) is 7.50. The molecule has 1 aliphatic rings. The maximum absolute atomic E-state index is 6.33. The Bertz CT molecular complexity index is 604. The minimum absolute atomic E-state index is 0.164. The number of pyridine rings is 1. The van der Waals surface area contributed by atoms with E-state index in [2.05, 4.69) is 36.4 Å². The third-order valence-electron chi connectivity index (χ3n) is 3.80. The molecule has 1 atom stereocenters. The highest BCUT2D eigenvalue weighted by Gasteiger charge is 2.29. The molecule has 4 nitrogen and oxygen atoms in total. The van der Waals surface area contributed by atoms with Crippen molar-refractivity contribution < 1.29 is 0 Å². The Labute approximate surface area is 120 Å². The van der Waals surface area contributed by atoms with Gasteiger partial charge in [-0.3, -0.25) is 4.98 Å². The normalized spacial score (nSPS) is 17.6. The van der Waals surface area contributed by atoms with Crippen LogP contribution in [0.1, 0.15) is 51.9 Å². The van der Waals surface area contributed by atoms with Crippen molar-refractivity contribution in [2.24, 2.45) is 11.1 Å². The van der Waals surface area contributed by atoms with E-state index >= 15 is 0 Å². The third-order valence-corrected chi connectivity index (χ3v) is 3.80. The van der Waals surface area contributed by atoms with Crippen molar-refractivity contribution in [3.8, 4) is 0 Å².